The molecular weight excluding hydrogens is 398 g/mol. The molecule has 0 bridgehead atoms. The second-order valence-electron chi connectivity index (χ2n) is 7.07. The molecule has 1 aliphatic rings. The highest BCUT2D eigenvalue weighted by atomic mass is 32.2. The third-order valence-electron chi connectivity index (χ3n) is 5.44. The zero-order valence-corrected chi connectivity index (χ0v) is 18.0. The molecule has 30 heavy (non-hydrogen) atoms. The first kappa shape index (κ1) is 20.2. The van der Waals surface area contributed by atoms with Crippen molar-refractivity contribution in [2.24, 2.45) is 0 Å². The number of fused-ring (bicyclic) bond motifs is 2. The zero-order valence-electron chi connectivity index (χ0n) is 17.2. The SMILES string of the molecule is CCOC1=C(C(=O)c2ccc3ccccc3c2CC)N(C)S(=O)(=O)c2ccccc21. The highest BCUT2D eigenvalue weighted by Crippen LogP contribution is 2.38. The summed E-state index contributed by atoms with van der Waals surface area (Å²) in [5.74, 6) is -0.0627. The van der Waals surface area contributed by atoms with Gasteiger partial charge >= 0.3 is 0 Å². The minimum atomic E-state index is -3.86. The number of carbonyl (C=O) groups excluding carboxylic acids is 1. The van der Waals surface area contributed by atoms with E-state index < -0.39 is 10.0 Å². The number of ether oxygens (including phenoxy) is 1. The summed E-state index contributed by atoms with van der Waals surface area (Å²) in [6.45, 7) is 4.12. The first-order chi connectivity index (χ1) is 14.4. The van der Waals surface area contributed by atoms with Crippen LogP contribution in [0.15, 0.2) is 71.3 Å². The summed E-state index contributed by atoms with van der Waals surface area (Å²) in [5.41, 5.74) is 1.84. The number of sulfonamides is 1. The van der Waals surface area contributed by atoms with Gasteiger partial charge in [0.05, 0.1) is 11.5 Å². The van der Waals surface area contributed by atoms with E-state index in [1.807, 2.05) is 44.2 Å². The van der Waals surface area contributed by atoms with E-state index in [4.69, 9.17) is 4.74 Å². The molecule has 0 unspecified atom stereocenters. The van der Waals surface area contributed by atoms with Crippen LogP contribution >= 0.6 is 0 Å². The van der Waals surface area contributed by atoms with Crippen LogP contribution < -0.4 is 0 Å². The molecule has 0 fully saturated rings. The standard InChI is InChI=1S/C24H23NO4S/c1-4-17-18-11-7-6-10-16(18)14-15-19(17)23(26)22-24(29-5-2)20-12-8-9-13-21(20)30(27,28)25(22)3/h6-15H,4-5H2,1-3H3. The quantitative estimate of drug-likeness (QED) is 0.564. The van der Waals surface area contributed by atoms with E-state index in [0.717, 1.165) is 20.6 Å². The van der Waals surface area contributed by atoms with Crippen molar-refractivity contribution in [3.8, 4) is 0 Å². The van der Waals surface area contributed by atoms with E-state index >= 15 is 0 Å². The summed E-state index contributed by atoms with van der Waals surface area (Å²) in [5, 5.41) is 2.03. The maximum atomic E-state index is 13.8. The molecule has 154 valence electrons. The van der Waals surface area contributed by atoms with Crippen LogP contribution in [0.5, 0.6) is 0 Å². The molecule has 0 aromatic heterocycles. The lowest BCUT2D eigenvalue weighted by molar-refractivity contribution is 0.101. The van der Waals surface area contributed by atoms with Gasteiger partial charge < -0.3 is 4.74 Å². The minimum Gasteiger partial charge on any atom is -0.491 e. The lowest BCUT2D eigenvalue weighted by Gasteiger charge is -2.30. The number of allylic oxidation sites excluding steroid dienone is 1. The van der Waals surface area contributed by atoms with Crippen molar-refractivity contribution in [1.82, 2.24) is 4.31 Å². The number of benzene rings is 3. The van der Waals surface area contributed by atoms with Gasteiger partial charge in [-0.2, -0.15) is 0 Å². The molecule has 0 saturated heterocycles. The fraction of sp³-hybridized carbons (Fsp3) is 0.208. The molecule has 5 nitrogen and oxygen atoms in total. The number of ketones is 1. The second-order valence-corrected chi connectivity index (χ2v) is 9.01. The molecule has 4 rings (SSSR count). The van der Waals surface area contributed by atoms with Gasteiger partial charge in [0.2, 0.25) is 5.78 Å². The number of nitrogens with zero attached hydrogens (tertiary/aromatic N) is 1. The van der Waals surface area contributed by atoms with Crippen molar-refractivity contribution in [3.05, 3.63) is 83.1 Å². The zero-order chi connectivity index (χ0) is 21.5. The second kappa shape index (κ2) is 7.61. The summed E-state index contributed by atoms with van der Waals surface area (Å²) in [7, 11) is -2.45. The Kier molecular flexibility index (Phi) is 5.12. The number of Topliss-reactive ketones (excluding diaryl/α,β-unsaturated/α-hetero) is 1. The molecule has 0 amide bonds. The summed E-state index contributed by atoms with van der Waals surface area (Å²) >= 11 is 0. The molecule has 3 aromatic carbocycles. The molecule has 0 saturated carbocycles. The molecular formula is C24H23NO4S. The largest absolute Gasteiger partial charge is 0.491 e. The van der Waals surface area contributed by atoms with Crippen molar-refractivity contribution < 1.29 is 17.9 Å². The van der Waals surface area contributed by atoms with Gasteiger partial charge in [0.1, 0.15) is 5.70 Å². The van der Waals surface area contributed by atoms with Crippen LogP contribution in [-0.2, 0) is 21.2 Å². The Morgan fingerprint density at radius 1 is 0.967 bits per heavy atom. The molecule has 3 aromatic rings. The van der Waals surface area contributed by atoms with E-state index in [1.54, 1.807) is 24.3 Å². The van der Waals surface area contributed by atoms with Crippen LogP contribution in [0.1, 0.15) is 35.3 Å². The van der Waals surface area contributed by atoms with Crippen LogP contribution in [0.4, 0.5) is 0 Å². The Hall–Kier alpha value is -3.12. The lowest BCUT2D eigenvalue weighted by Crippen LogP contribution is -2.35. The normalized spacial score (nSPS) is 15.2. The highest BCUT2D eigenvalue weighted by Gasteiger charge is 2.39. The van der Waals surface area contributed by atoms with Gasteiger partial charge in [0.25, 0.3) is 10.0 Å². The van der Waals surface area contributed by atoms with Crippen LogP contribution in [0, 0.1) is 0 Å². The Balaban J connectivity index is 2.00. The Bertz CT molecular complexity index is 1290. The van der Waals surface area contributed by atoms with Gasteiger partial charge in [0, 0.05) is 18.2 Å². The van der Waals surface area contributed by atoms with Crippen LogP contribution in [-0.4, -0.2) is 32.2 Å². The van der Waals surface area contributed by atoms with Crippen molar-refractivity contribution in [1.29, 1.82) is 0 Å². The lowest BCUT2D eigenvalue weighted by atomic mass is 9.93. The maximum Gasteiger partial charge on any atom is 0.265 e. The van der Waals surface area contributed by atoms with E-state index in [0.29, 0.717) is 29.9 Å². The van der Waals surface area contributed by atoms with E-state index in [2.05, 4.69) is 0 Å². The summed E-state index contributed by atoms with van der Waals surface area (Å²) in [6.07, 6.45) is 0.646. The van der Waals surface area contributed by atoms with Gasteiger partial charge in [0.15, 0.2) is 5.76 Å². The van der Waals surface area contributed by atoms with Crippen molar-refractivity contribution in [2.75, 3.05) is 13.7 Å². The monoisotopic (exact) mass is 421 g/mol. The highest BCUT2D eigenvalue weighted by molar-refractivity contribution is 7.89. The number of carbonyl (C=O) groups is 1. The van der Waals surface area contributed by atoms with Crippen molar-refractivity contribution in [2.45, 2.75) is 25.2 Å². The van der Waals surface area contributed by atoms with Gasteiger partial charge in [-0.15, -0.1) is 0 Å². The summed E-state index contributed by atoms with van der Waals surface area (Å²) in [6, 6.07) is 18.2. The third-order valence-corrected chi connectivity index (χ3v) is 7.26. The number of aryl methyl sites for hydroxylation is 1. The fourth-order valence-corrected chi connectivity index (χ4v) is 5.40. The van der Waals surface area contributed by atoms with Gasteiger partial charge in [-0.3, -0.25) is 9.10 Å². The van der Waals surface area contributed by atoms with Crippen LogP contribution in [0.2, 0.25) is 0 Å². The number of hydrogen-bond acceptors (Lipinski definition) is 4. The Morgan fingerprint density at radius 2 is 1.67 bits per heavy atom. The third kappa shape index (κ3) is 2.99. The number of hydrogen-bond donors (Lipinski definition) is 0. The number of rotatable bonds is 5. The van der Waals surface area contributed by atoms with E-state index in [-0.39, 0.29) is 16.4 Å². The Labute approximate surface area is 176 Å². The predicted molar refractivity (Wildman–Crippen MR) is 118 cm³/mol. The minimum absolute atomic E-state index is 0.0422. The van der Waals surface area contributed by atoms with Gasteiger partial charge in [-0.25, -0.2) is 8.42 Å². The smallest absolute Gasteiger partial charge is 0.265 e. The predicted octanol–water partition coefficient (Wildman–Crippen LogP) is 4.62. The van der Waals surface area contributed by atoms with Crippen LogP contribution in [0.25, 0.3) is 16.5 Å². The molecule has 6 heteroatoms. The molecule has 1 heterocycles. The van der Waals surface area contributed by atoms with E-state index in [9.17, 15) is 13.2 Å². The van der Waals surface area contributed by atoms with Crippen LogP contribution in [0.3, 0.4) is 0 Å². The molecule has 1 aliphatic heterocycles. The molecule has 0 atom stereocenters. The molecule has 0 radical (unpaired) electrons. The van der Waals surface area contributed by atoms with Crippen molar-refractivity contribution in [3.63, 3.8) is 0 Å². The molecule has 0 N–H and O–H groups in total. The molecule has 0 spiro atoms. The van der Waals surface area contributed by atoms with E-state index in [1.165, 1.54) is 13.1 Å². The molecule has 0 aliphatic carbocycles. The average Bonchev–Trinajstić information content (AvgIpc) is 2.76. The average molecular weight is 422 g/mol. The first-order valence-corrected chi connectivity index (χ1v) is 11.4. The topological polar surface area (TPSA) is 63.7 Å². The fourth-order valence-electron chi connectivity index (χ4n) is 4.01. The Morgan fingerprint density at radius 3 is 2.40 bits per heavy atom. The maximum absolute atomic E-state index is 13.8. The number of likely N-dealkylation sites (N-methyl/N-ethyl adjacent to an activating group) is 1. The summed E-state index contributed by atoms with van der Waals surface area (Å²) in [4.78, 5) is 13.9. The van der Waals surface area contributed by atoms with Gasteiger partial charge in [-0.1, -0.05) is 55.5 Å². The van der Waals surface area contributed by atoms with Gasteiger partial charge in [-0.05, 0) is 41.8 Å². The van der Waals surface area contributed by atoms with Crippen molar-refractivity contribution >= 4 is 32.3 Å². The summed E-state index contributed by atoms with van der Waals surface area (Å²) < 4.78 is 33.2. The first-order valence-electron chi connectivity index (χ1n) is 9.92.